The highest BCUT2D eigenvalue weighted by molar-refractivity contribution is 7.98. The smallest absolute Gasteiger partial charge is 0.269 e. The van der Waals surface area contributed by atoms with Crippen molar-refractivity contribution in [2.24, 2.45) is 0 Å². The van der Waals surface area contributed by atoms with Crippen LogP contribution in [0.5, 0.6) is 0 Å². The highest BCUT2D eigenvalue weighted by Gasteiger charge is 2.34. The summed E-state index contributed by atoms with van der Waals surface area (Å²) in [5.41, 5.74) is 5.67. The van der Waals surface area contributed by atoms with Crippen LogP contribution in [-0.2, 0) is 10.5 Å². The molecule has 1 aliphatic rings. The number of amides is 1. The van der Waals surface area contributed by atoms with Crippen molar-refractivity contribution in [3.05, 3.63) is 116 Å². The molecule has 5 rings (SSSR count). The van der Waals surface area contributed by atoms with Gasteiger partial charge in [-0.15, -0.1) is 5.10 Å². The average Bonchev–Trinajstić information content (AvgIpc) is 3.31. The molecule has 0 fully saturated rings. The van der Waals surface area contributed by atoms with Crippen LogP contribution in [-0.4, -0.2) is 25.6 Å². The molecule has 2 N–H and O–H groups in total. The second-order valence-corrected chi connectivity index (χ2v) is 10.1. The third-order valence-corrected chi connectivity index (χ3v) is 7.25. The number of thioether (sulfide) groups is 1. The van der Waals surface area contributed by atoms with Gasteiger partial charge in [0.05, 0.1) is 10.5 Å². The average molecular weight is 527 g/mol. The van der Waals surface area contributed by atoms with E-state index in [0.29, 0.717) is 39.4 Å². The number of anilines is 2. The summed E-state index contributed by atoms with van der Waals surface area (Å²) in [6, 6.07) is 21.4. The lowest BCUT2D eigenvalue weighted by Crippen LogP contribution is -2.31. The van der Waals surface area contributed by atoms with Gasteiger partial charge in [0.25, 0.3) is 11.6 Å². The Balaban J connectivity index is 1.51. The first-order valence-corrected chi connectivity index (χ1v) is 13.0. The van der Waals surface area contributed by atoms with Crippen LogP contribution in [0.25, 0.3) is 0 Å². The van der Waals surface area contributed by atoms with Gasteiger partial charge in [-0.3, -0.25) is 14.9 Å². The molecule has 3 aromatic carbocycles. The first-order valence-electron chi connectivity index (χ1n) is 12.0. The molecule has 1 aromatic heterocycles. The van der Waals surface area contributed by atoms with Gasteiger partial charge in [0.2, 0.25) is 11.1 Å². The third kappa shape index (κ3) is 5.16. The Morgan fingerprint density at radius 1 is 1.08 bits per heavy atom. The maximum Gasteiger partial charge on any atom is 0.269 e. The SMILES string of the molecule is CC1=C(C(=O)Nc2ccc(C)cc2C)C(c2ccc([N+](=O)[O-])cc2)n2nc(SCc3ccccc3)nc2N1. The summed E-state index contributed by atoms with van der Waals surface area (Å²) in [4.78, 5) is 29.2. The van der Waals surface area contributed by atoms with Crippen molar-refractivity contribution in [1.82, 2.24) is 14.8 Å². The number of rotatable bonds is 7. The van der Waals surface area contributed by atoms with E-state index in [1.165, 1.54) is 23.9 Å². The number of non-ortho nitro benzene ring substituents is 1. The van der Waals surface area contributed by atoms with Crippen molar-refractivity contribution in [2.45, 2.75) is 37.7 Å². The van der Waals surface area contributed by atoms with Crippen LogP contribution in [0.4, 0.5) is 17.3 Å². The van der Waals surface area contributed by atoms with Crippen LogP contribution in [0, 0.1) is 24.0 Å². The number of hydrogen-bond acceptors (Lipinski definition) is 7. The molecule has 38 heavy (non-hydrogen) atoms. The quantitative estimate of drug-likeness (QED) is 0.172. The van der Waals surface area contributed by atoms with E-state index in [2.05, 4.69) is 15.6 Å². The van der Waals surface area contributed by atoms with Crippen LogP contribution in [0.2, 0.25) is 0 Å². The third-order valence-electron chi connectivity index (χ3n) is 6.34. The predicted octanol–water partition coefficient (Wildman–Crippen LogP) is 6.02. The number of nitro groups is 1. The lowest BCUT2D eigenvalue weighted by Gasteiger charge is -2.28. The fraction of sp³-hybridized carbons (Fsp3) is 0.179. The van der Waals surface area contributed by atoms with Crippen LogP contribution < -0.4 is 10.6 Å². The maximum absolute atomic E-state index is 13.7. The highest BCUT2D eigenvalue weighted by atomic mass is 32.2. The first-order chi connectivity index (χ1) is 18.3. The lowest BCUT2D eigenvalue weighted by atomic mass is 9.94. The van der Waals surface area contributed by atoms with Crippen LogP contribution in [0.15, 0.2) is 89.2 Å². The fourth-order valence-electron chi connectivity index (χ4n) is 4.44. The number of carbonyl (C=O) groups excluding carboxylic acids is 1. The number of nitro benzene ring substituents is 1. The Kier molecular flexibility index (Phi) is 6.97. The molecule has 0 radical (unpaired) electrons. The van der Waals surface area contributed by atoms with Crippen molar-refractivity contribution < 1.29 is 9.72 Å². The van der Waals surface area contributed by atoms with E-state index in [0.717, 1.165) is 16.7 Å². The van der Waals surface area contributed by atoms with Crippen LogP contribution in [0.1, 0.15) is 35.2 Å². The second-order valence-electron chi connectivity index (χ2n) is 9.12. The molecule has 1 unspecified atom stereocenters. The number of hydrogen-bond donors (Lipinski definition) is 2. The lowest BCUT2D eigenvalue weighted by molar-refractivity contribution is -0.384. The van der Waals surface area contributed by atoms with Crippen LogP contribution >= 0.6 is 11.8 Å². The van der Waals surface area contributed by atoms with Crippen LogP contribution in [0.3, 0.4) is 0 Å². The molecular formula is C28H26N6O3S. The Hall–Kier alpha value is -4.44. The standard InChI is InChI=1S/C28H26N6O3S/c1-17-9-14-23(18(2)15-17)30-26(35)24-19(3)29-27-31-28(38-16-20-7-5-4-6-8-20)32-33(27)25(24)21-10-12-22(13-11-21)34(36)37/h4-15,25H,16H2,1-3H3,(H,30,35)(H,29,31,32). The van der Waals surface area contributed by atoms with Crippen molar-refractivity contribution in [2.75, 3.05) is 10.6 Å². The van der Waals surface area contributed by atoms with Gasteiger partial charge in [0, 0.05) is 29.3 Å². The van der Waals surface area contributed by atoms with Gasteiger partial charge in [-0.2, -0.15) is 4.98 Å². The van der Waals surface area contributed by atoms with Gasteiger partial charge in [-0.05, 0) is 55.7 Å². The van der Waals surface area contributed by atoms with Crippen molar-refractivity contribution in [3.8, 4) is 0 Å². The molecule has 0 saturated carbocycles. The topological polar surface area (TPSA) is 115 Å². The van der Waals surface area contributed by atoms with E-state index in [4.69, 9.17) is 5.10 Å². The molecule has 4 aromatic rings. The molecule has 192 valence electrons. The molecule has 0 saturated heterocycles. The number of benzene rings is 3. The number of aromatic nitrogens is 3. The maximum atomic E-state index is 13.7. The fourth-order valence-corrected chi connectivity index (χ4v) is 5.22. The Morgan fingerprint density at radius 2 is 1.82 bits per heavy atom. The Bertz CT molecular complexity index is 1550. The molecule has 0 spiro atoms. The van der Waals surface area contributed by atoms with E-state index >= 15 is 0 Å². The van der Waals surface area contributed by atoms with Gasteiger partial charge in [-0.25, -0.2) is 4.68 Å². The van der Waals surface area contributed by atoms with E-state index in [1.54, 1.807) is 16.8 Å². The minimum Gasteiger partial charge on any atom is -0.328 e. The number of carbonyl (C=O) groups is 1. The number of aryl methyl sites for hydroxylation is 2. The van der Waals surface area contributed by atoms with Crippen molar-refractivity contribution in [3.63, 3.8) is 0 Å². The summed E-state index contributed by atoms with van der Waals surface area (Å²) in [6.07, 6.45) is 0. The zero-order valence-electron chi connectivity index (χ0n) is 21.1. The molecule has 10 heteroatoms. The van der Waals surface area contributed by atoms with Crippen molar-refractivity contribution in [1.29, 1.82) is 0 Å². The van der Waals surface area contributed by atoms with Gasteiger partial charge < -0.3 is 10.6 Å². The van der Waals surface area contributed by atoms with Crippen molar-refractivity contribution >= 4 is 35.0 Å². The zero-order chi connectivity index (χ0) is 26.8. The molecule has 1 atom stereocenters. The predicted molar refractivity (Wildman–Crippen MR) is 148 cm³/mol. The van der Waals surface area contributed by atoms with E-state index in [1.807, 2.05) is 69.3 Å². The number of nitrogens with one attached hydrogen (secondary N) is 2. The summed E-state index contributed by atoms with van der Waals surface area (Å²) in [5.74, 6) is 0.910. The second kappa shape index (κ2) is 10.5. The van der Waals surface area contributed by atoms with E-state index in [9.17, 15) is 14.9 Å². The summed E-state index contributed by atoms with van der Waals surface area (Å²) in [6.45, 7) is 5.77. The summed E-state index contributed by atoms with van der Waals surface area (Å²) >= 11 is 1.50. The molecule has 9 nitrogen and oxygen atoms in total. The van der Waals surface area contributed by atoms with E-state index in [-0.39, 0.29) is 11.6 Å². The summed E-state index contributed by atoms with van der Waals surface area (Å²) in [5, 5.41) is 22.8. The highest BCUT2D eigenvalue weighted by Crippen LogP contribution is 2.37. The Morgan fingerprint density at radius 3 is 2.50 bits per heavy atom. The van der Waals surface area contributed by atoms with E-state index < -0.39 is 11.0 Å². The van der Waals surface area contributed by atoms with Gasteiger partial charge in [-0.1, -0.05) is 59.8 Å². The molecule has 0 bridgehead atoms. The first kappa shape index (κ1) is 25.2. The summed E-state index contributed by atoms with van der Waals surface area (Å²) in [7, 11) is 0. The van der Waals surface area contributed by atoms with Gasteiger partial charge in [0.15, 0.2) is 0 Å². The monoisotopic (exact) mass is 526 g/mol. The number of fused-ring (bicyclic) bond motifs is 1. The molecule has 2 heterocycles. The molecular weight excluding hydrogens is 500 g/mol. The summed E-state index contributed by atoms with van der Waals surface area (Å²) < 4.78 is 1.68. The van der Waals surface area contributed by atoms with Gasteiger partial charge >= 0.3 is 0 Å². The Labute approximate surface area is 224 Å². The molecule has 1 aliphatic heterocycles. The molecule has 0 aliphatic carbocycles. The minimum atomic E-state index is -0.628. The molecule has 1 amide bonds. The number of nitrogens with zero attached hydrogens (tertiary/aromatic N) is 4. The largest absolute Gasteiger partial charge is 0.328 e. The number of allylic oxidation sites excluding steroid dienone is 1. The normalized spacial score (nSPS) is 14.6. The minimum absolute atomic E-state index is 0.0254. The zero-order valence-corrected chi connectivity index (χ0v) is 22.0. The van der Waals surface area contributed by atoms with Gasteiger partial charge in [0.1, 0.15) is 6.04 Å².